The van der Waals surface area contributed by atoms with E-state index in [-0.39, 0.29) is 11.9 Å². The van der Waals surface area contributed by atoms with E-state index in [9.17, 15) is 4.79 Å². The molecule has 2 heterocycles. The lowest BCUT2D eigenvalue weighted by Gasteiger charge is -2.32. The Kier molecular flexibility index (Phi) is 6.45. The van der Waals surface area contributed by atoms with Crippen LogP contribution in [0.15, 0.2) is 36.7 Å². The molecule has 1 aromatic heterocycles. The first-order valence-electron chi connectivity index (χ1n) is 9.72. The van der Waals surface area contributed by atoms with Crippen molar-refractivity contribution in [2.45, 2.75) is 46.2 Å². The summed E-state index contributed by atoms with van der Waals surface area (Å²) in [6.45, 7) is 9.60. The molecule has 0 atom stereocenters. The maximum atomic E-state index is 12.4. The zero-order chi connectivity index (χ0) is 19.2. The fourth-order valence-electron chi connectivity index (χ4n) is 3.50. The lowest BCUT2D eigenvalue weighted by molar-refractivity contribution is 0.0908. The van der Waals surface area contributed by atoms with Crippen LogP contribution in [0.1, 0.15) is 46.8 Å². The minimum Gasteiger partial charge on any atom is -0.494 e. The molecule has 0 unspecified atom stereocenters. The number of aromatic nitrogens is 1. The van der Waals surface area contributed by atoms with Gasteiger partial charge in [0.1, 0.15) is 5.75 Å². The number of hydrogen-bond acceptors (Lipinski definition) is 4. The van der Waals surface area contributed by atoms with Crippen molar-refractivity contribution in [3.8, 4) is 5.75 Å². The molecular weight excluding hydrogens is 338 g/mol. The monoisotopic (exact) mass is 367 g/mol. The molecule has 5 nitrogen and oxygen atoms in total. The first-order valence-corrected chi connectivity index (χ1v) is 9.72. The predicted molar refractivity (Wildman–Crippen MR) is 107 cm³/mol. The van der Waals surface area contributed by atoms with Gasteiger partial charge in [0.15, 0.2) is 0 Å². The molecule has 1 aliphatic heterocycles. The summed E-state index contributed by atoms with van der Waals surface area (Å²) < 4.78 is 5.71. The Labute approximate surface area is 161 Å². The third-order valence-electron chi connectivity index (χ3n) is 5.02. The summed E-state index contributed by atoms with van der Waals surface area (Å²) in [5.74, 6) is 0.952. The fourth-order valence-corrected chi connectivity index (χ4v) is 3.50. The van der Waals surface area contributed by atoms with Crippen LogP contribution in [0.5, 0.6) is 5.75 Å². The average Bonchev–Trinajstić information content (AvgIpc) is 2.66. The van der Waals surface area contributed by atoms with E-state index in [2.05, 4.69) is 40.3 Å². The molecule has 1 N–H and O–H groups in total. The quantitative estimate of drug-likeness (QED) is 0.849. The van der Waals surface area contributed by atoms with Crippen LogP contribution < -0.4 is 10.1 Å². The van der Waals surface area contributed by atoms with Crippen LogP contribution in [0.25, 0.3) is 0 Å². The van der Waals surface area contributed by atoms with Gasteiger partial charge in [0.05, 0.1) is 12.2 Å². The van der Waals surface area contributed by atoms with Gasteiger partial charge in [0, 0.05) is 38.1 Å². The van der Waals surface area contributed by atoms with Crippen LogP contribution in [0.2, 0.25) is 0 Å². The highest BCUT2D eigenvalue weighted by Gasteiger charge is 2.21. The van der Waals surface area contributed by atoms with E-state index in [1.807, 2.05) is 19.9 Å². The standard InChI is InChI=1S/C22H29N3O2/c1-4-27-21-12-18(6-5-17(21)3)15-25-9-7-20(8-10-25)24-22(26)19-11-16(2)13-23-14-19/h5-6,11-14,20H,4,7-10,15H2,1-3H3,(H,24,26). The highest BCUT2D eigenvalue weighted by molar-refractivity contribution is 5.94. The summed E-state index contributed by atoms with van der Waals surface area (Å²) in [7, 11) is 0. The lowest BCUT2D eigenvalue weighted by atomic mass is 10.0. The van der Waals surface area contributed by atoms with Gasteiger partial charge < -0.3 is 10.1 Å². The normalized spacial score (nSPS) is 15.5. The zero-order valence-electron chi connectivity index (χ0n) is 16.5. The number of likely N-dealkylation sites (tertiary alicyclic amines) is 1. The second-order valence-corrected chi connectivity index (χ2v) is 7.31. The number of carbonyl (C=O) groups is 1. The number of ether oxygens (including phenoxy) is 1. The topological polar surface area (TPSA) is 54.5 Å². The third-order valence-corrected chi connectivity index (χ3v) is 5.02. The van der Waals surface area contributed by atoms with E-state index in [1.54, 1.807) is 12.4 Å². The van der Waals surface area contributed by atoms with Gasteiger partial charge in [-0.15, -0.1) is 0 Å². The number of rotatable bonds is 6. The number of benzene rings is 1. The minimum atomic E-state index is -0.0236. The van der Waals surface area contributed by atoms with Crippen molar-refractivity contribution in [2.75, 3.05) is 19.7 Å². The minimum absolute atomic E-state index is 0.0236. The van der Waals surface area contributed by atoms with E-state index in [1.165, 1.54) is 11.1 Å². The number of aryl methyl sites for hydroxylation is 2. The molecule has 144 valence electrons. The first-order chi connectivity index (χ1) is 13.0. The number of nitrogens with one attached hydrogen (secondary N) is 1. The van der Waals surface area contributed by atoms with Gasteiger partial charge in [-0.1, -0.05) is 12.1 Å². The lowest BCUT2D eigenvalue weighted by Crippen LogP contribution is -2.44. The molecule has 1 fully saturated rings. The van der Waals surface area contributed by atoms with Crippen molar-refractivity contribution in [3.63, 3.8) is 0 Å². The first kappa shape index (κ1) is 19.4. The van der Waals surface area contributed by atoms with Crippen LogP contribution >= 0.6 is 0 Å². The number of hydrogen-bond donors (Lipinski definition) is 1. The predicted octanol–water partition coefficient (Wildman–Crippen LogP) is 3.49. The Morgan fingerprint density at radius 3 is 2.70 bits per heavy atom. The third kappa shape index (κ3) is 5.30. The molecule has 0 aliphatic carbocycles. The molecule has 27 heavy (non-hydrogen) atoms. The van der Waals surface area contributed by atoms with Gasteiger partial charge in [0.2, 0.25) is 0 Å². The largest absolute Gasteiger partial charge is 0.494 e. The van der Waals surface area contributed by atoms with Gasteiger partial charge in [-0.05, 0) is 62.4 Å². The maximum Gasteiger partial charge on any atom is 0.253 e. The average molecular weight is 367 g/mol. The number of nitrogens with zero attached hydrogens (tertiary/aromatic N) is 2. The van der Waals surface area contributed by atoms with E-state index in [0.29, 0.717) is 12.2 Å². The summed E-state index contributed by atoms with van der Waals surface area (Å²) in [5, 5.41) is 3.15. The molecule has 3 rings (SSSR count). The van der Waals surface area contributed by atoms with Crippen LogP contribution in [0.4, 0.5) is 0 Å². The molecule has 0 bridgehead atoms. The number of amides is 1. The van der Waals surface area contributed by atoms with Crippen molar-refractivity contribution >= 4 is 5.91 Å². The summed E-state index contributed by atoms with van der Waals surface area (Å²) in [4.78, 5) is 18.9. The van der Waals surface area contributed by atoms with Crippen molar-refractivity contribution in [1.29, 1.82) is 0 Å². The molecule has 1 saturated heterocycles. The van der Waals surface area contributed by atoms with Crippen molar-refractivity contribution in [1.82, 2.24) is 15.2 Å². The Balaban J connectivity index is 1.50. The molecular formula is C22H29N3O2. The summed E-state index contributed by atoms with van der Waals surface area (Å²) >= 11 is 0. The highest BCUT2D eigenvalue weighted by atomic mass is 16.5. The number of piperidine rings is 1. The van der Waals surface area contributed by atoms with Crippen molar-refractivity contribution in [3.05, 3.63) is 58.9 Å². The molecule has 5 heteroatoms. The van der Waals surface area contributed by atoms with Crippen LogP contribution in [0.3, 0.4) is 0 Å². The van der Waals surface area contributed by atoms with Crippen LogP contribution in [0, 0.1) is 13.8 Å². The zero-order valence-corrected chi connectivity index (χ0v) is 16.5. The smallest absolute Gasteiger partial charge is 0.253 e. The van der Waals surface area contributed by atoms with E-state index < -0.39 is 0 Å². The highest BCUT2D eigenvalue weighted by Crippen LogP contribution is 2.22. The maximum absolute atomic E-state index is 12.4. The fraction of sp³-hybridized carbons (Fsp3) is 0.455. The molecule has 2 aromatic rings. The van der Waals surface area contributed by atoms with Gasteiger partial charge in [-0.25, -0.2) is 0 Å². The summed E-state index contributed by atoms with van der Waals surface area (Å²) in [6.07, 6.45) is 5.33. The molecule has 0 radical (unpaired) electrons. The van der Waals surface area contributed by atoms with E-state index >= 15 is 0 Å². The van der Waals surface area contributed by atoms with Crippen molar-refractivity contribution < 1.29 is 9.53 Å². The second kappa shape index (κ2) is 9.00. The van der Waals surface area contributed by atoms with Crippen LogP contribution in [-0.2, 0) is 6.54 Å². The molecule has 1 amide bonds. The van der Waals surface area contributed by atoms with Gasteiger partial charge >= 0.3 is 0 Å². The number of carbonyl (C=O) groups excluding carboxylic acids is 1. The SMILES string of the molecule is CCOc1cc(CN2CCC(NC(=O)c3cncc(C)c3)CC2)ccc1C. The molecule has 0 spiro atoms. The molecule has 1 aromatic carbocycles. The van der Waals surface area contributed by atoms with Gasteiger partial charge in [-0.2, -0.15) is 0 Å². The van der Waals surface area contributed by atoms with Crippen LogP contribution in [-0.4, -0.2) is 41.5 Å². The van der Waals surface area contributed by atoms with E-state index in [4.69, 9.17) is 4.74 Å². The van der Waals surface area contributed by atoms with E-state index in [0.717, 1.165) is 43.8 Å². The van der Waals surface area contributed by atoms with Gasteiger partial charge in [0.25, 0.3) is 5.91 Å². The summed E-state index contributed by atoms with van der Waals surface area (Å²) in [6, 6.07) is 8.56. The van der Waals surface area contributed by atoms with Gasteiger partial charge in [-0.3, -0.25) is 14.7 Å². The van der Waals surface area contributed by atoms with Crippen molar-refractivity contribution in [2.24, 2.45) is 0 Å². The molecule has 1 aliphatic rings. The Morgan fingerprint density at radius 1 is 1.22 bits per heavy atom. The molecule has 0 saturated carbocycles. The Hall–Kier alpha value is -2.40. The Bertz CT molecular complexity index is 783. The Morgan fingerprint density at radius 2 is 2.00 bits per heavy atom. The number of pyridine rings is 1. The second-order valence-electron chi connectivity index (χ2n) is 7.31. The summed E-state index contributed by atoms with van der Waals surface area (Å²) in [5.41, 5.74) is 4.09.